The molecule has 0 aliphatic heterocycles. The molecule has 1 aromatic heterocycles. The summed E-state index contributed by atoms with van der Waals surface area (Å²) in [6, 6.07) is 11.0. The summed E-state index contributed by atoms with van der Waals surface area (Å²) in [7, 11) is 0. The van der Waals surface area contributed by atoms with Gasteiger partial charge in [-0.2, -0.15) is 0 Å². The van der Waals surface area contributed by atoms with E-state index in [0.29, 0.717) is 5.56 Å². The summed E-state index contributed by atoms with van der Waals surface area (Å²) in [5.41, 5.74) is 1.44. The highest BCUT2D eigenvalue weighted by atomic mass is 35.5. The molecular weight excluding hydrogens is 254 g/mol. The van der Waals surface area contributed by atoms with Gasteiger partial charge >= 0.3 is 0 Å². The van der Waals surface area contributed by atoms with Crippen molar-refractivity contribution in [1.29, 1.82) is 0 Å². The maximum absolute atomic E-state index is 11.2. The van der Waals surface area contributed by atoms with Crippen molar-refractivity contribution in [3.8, 4) is 0 Å². The van der Waals surface area contributed by atoms with E-state index in [1.54, 1.807) is 25.3 Å². The lowest BCUT2D eigenvalue weighted by atomic mass is 10.1. The molecule has 0 atom stereocenters. The van der Waals surface area contributed by atoms with Crippen molar-refractivity contribution in [2.75, 3.05) is 0 Å². The Hall–Kier alpha value is -1.45. The molecule has 0 N–H and O–H groups in total. The average Bonchev–Trinajstić information content (AvgIpc) is 2.73. The van der Waals surface area contributed by atoms with E-state index in [-0.39, 0.29) is 5.78 Å². The molecule has 0 fully saturated rings. The third-order valence-electron chi connectivity index (χ3n) is 2.19. The van der Waals surface area contributed by atoms with Gasteiger partial charge in [0, 0.05) is 16.7 Å². The Bertz CT molecular complexity index is 574. The zero-order valence-corrected chi connectivity index (χ0v) is 10.8. The highest BCUT2D eigenvalue weighted by molar-refractivity contribution is 7.17. The van der Waals surface area contributed by atoms with Crippen LogP contribution in [0, 0.1) is 0 Å². The van der Waals surface area contributed by atoms with Gasteiger partial charge in [0.15, 0.2) is 5.78 Å². The van der Waals surface area contributed by atoms with Crippen molar-refractivity contribution in [3.05, 3.63) is 51.2 Å². The first-order valence-electron chi connectivity index (χ1n) is 5.05. The monoisotopic (exact) mass is 263 g/mol. The minimum Gasteiger partial charge on any atom is -0.295 e. The molecule has 0 radical (unpaired) electrons. The molecule has 0 saturated heterocycles. The summed E-state index contributed by atoms with van der Waals surface area (Å²) >= 11 is 7.29. The van der Waals surface area contributed by atoms with Crippen LogP contribution in [0.3, 0.4) is 0 Å². The Labute approximate surface area is 109 Å². The zero-order valence-electron chi connectivity index (χ0n) is 9.18. The Kier molecular flexibility index (Phi) is 3.71. The highest BCUT2D eigenvalue weighted by Gasteiger charge is 1.99. The number of halogens is 1. The zero-order chi connectivity index (χ0) is 12.3. The molecule has 86 valence electrons. The number of Topliss-reactive ketones (excluding diaryl/α,β-unsaturated/α-hetero) is 1. The van der Waals surface area contributed by atoms with Crippen LogP contribution in [0.4, 0.5) is 5.69 Å². The van der Waals surface area contributed by atoms with Crippen molar-refractivity contribution >= 4 is 40.6 Å². The number of benzene rings is 1. The molecule has 0 saturated carbocycles. The van der Waals surface area contributed by atoms with Crippen LogP contribution in [0.1, 0.15) is 22.2 Å². The second kappa shape index (κ2) is 5.25. The number of carbonyl (C=O) groups excluding carboxylic acids is 1. The van der Waals surface area contributed by atoms with E-state index < -0.39 is 0 Å². The summed E-state index contributed by atoms with van der Waals surface area (Å²) in [6.45, 7) is 1.54. The molecule has 0 bridgehead atoms. The number of aliphatic imine (C=N–C) groups is 1. The predicted octanol–water partition coefficient (Wildman–Crippen LogP) is 4.35. The molecule has 0 spiro atoms. The van der Waals surface area contributed by atoms with E-state index in [1.165, 1.54) is 11.3 Å². The maximum Gasteiger partial charge on any atom is 0.159 e. The lowest BCUT2D eigenvalue weighted by molar-refractivity contribution is 0.101. The van der Waals surface area contributed by atoms with Crippen LogP contribution in [0.2, 0.25) is 4.34 Å². The second-order valence-corrected chi connectivity index (χ2v) is 5.25. The lowest BCUT2D eigenvalue weighted by Gasteiger charge is -1.96. The molecule has 1 aromatic carbocycles. The van der Waals surface area contributed by atoms with Gasteiger partial charge in [-0.15, -0.1) is 11.3 Å². The third-order valence-corrected chi connectivity index (χ3v) is 3.35. The number of ketones is 1. The van der Waals surface area contributed by atoms with Gasteiger partial charge < -0.3 is 0 Å². The largest absolute Gasteiger partial charge is 0.295 e. The fourth-order valence-electron chi connectivity index (χ4n) is 1.34. The van der Waals surface area contributed by atoms with Gasteiger partial charge in [-0.3, -0.25) is 9.79 Å². The Morgan fingerprint density at radius 1 is 1.35 bits per heavy atom. The molecular formula is C13H10ClNOS. The molecule has 2 aromatic rings. The summed E-state index contributed by atoms with van der Waals surface area (Å²) in [6.07, 6.45) is 1.75. The molecule has 2 nitrogen and oxygen atoms in total. The molecule has 0 aliphatic rings. The highest BCUT2D eigenvalue weighted by Crippen LogP contribution is 2.21. The van der Waals surface area contributed by atoms with E-state index in [9.17, 15) is 4.79 Å². The van der Waals surface area contributed by atoms with Crippen molar-refractivity contribution in [2.24, 2.45) is 4.99 Å². The molecule has 4 heteroatoms. The van der Waals surface area contributed by atoms with Crippen LogP contribution in [0.5, 0.6) is 0 Å². The van der Waals surface area contributed by atoms with E-state index >= 15 is 0 Å². The van der Waals surface area contributed by atoms with Crippen LogP contribution in [-0.2, 0) is 0 Å². The van der Waals surface area contributed by atoms with Gasteiger partial charge in [0.25, 0.3) is 0 Å². The summed E-state index contributed by atoms with van der Waals surface area (Å²) in [4.78, 5) is 16.5. The first kappa shape index (κ1) is 12.0. The Morgan fingerprint density at radius 3 is 2.82 bits per heavy atom. The minimum absolute atomic E-state index is 0.0428. The number of carbonyl (C=O) groups is 1. The molecule has 0 aliphatic carbocycles. The second-order valence-electron chi connectivity index (χ2n) is 3.51. The van der Waals surface area contributed by atoms with Gasteiger partial charge in [0.05, 0.1) is 10.0 Å². The number of thiophene rings is 1. The Morgan fingerprint density at radius 2 is 2.18 bits per heavy atom. The number of hydrogen-bond acceptors (Lipinski definition) is 3. The van der Waals surface area contributed by atoms with E-state index in [2.05, 4.69) is 4.99 Å². The lowest BCUT2D eigenvalue weighted by Crippen LogP contribution is -1.89. The number of rotatable bonds is 3. The molecule has 1 heterocycles. The van der Waals surface area contributed by atoms with Crippen LogP contribution in [0.25, 0.3) is 0 Å². The van der Waals surface area contributed by atoms with Crippen LogP contribution in [-0.4, -0.2) is 12.0 Å². The van der Waals surface area contributed by atoms with Gasteiger partial charge in [-0.25, -0.2) is 0 Å². The van der Waals surface area contributed by atoms with Crippen molar-refractivity contribution in [2.45, 2.75) is 6.92 Å². The van der Waals surface area contributed by atoms with E-state index in [1.807, 2.05) is 24.3 Å². The fourth-order valence-corrected chi connectivity index (χ4v) is 2.27. The van der Waals surface area contributed by atoms with Crippen molar-refractivity contribution < 1.29 is 4.79 Å². The smallest absolute Gasteiger partial charge is 0.159 e. The topological polar surface area (TPSA) is 29.4 Å². The van der Waals surface area contributed by atoms with Gasteiger partial charge in [0.1, 0.15) is 0 Å². The molecule has 0 amide bonds. The van der Waals surface area contributed by atoms with Crippen LogP contribution in [0.15, 0.2) is 41.4 Å². The number of nitrogens with zero attached hydrogens (tertiary/aromatic N) is 1. The first-order valence-corrected chi connectivity index (χ1v) is 6.25. The Balaban J connectivity index is 2.21. The van der Waals surface area contributed by atoms with Gasteiger partial charge in [-0.1, -0.05) is 23.7 Å². The first-order chi connectivity index (χ1) is 8.15. The maximum atomic E-state index is 11.2. The average molecular weight is 264 g/mol. The fraction of sp³-hybridized carbons (Fsp3) is 0.0769. The third kappa shape index (κ3) is 3.25. The quantitative estimate of drug-likeness (QED) is 0.598. The normalized spacial score (nSPS) is 10.9. The summed E-state index contributed by atoms with van der Waals surface area (Å²) in [5, 5.41) is 0. The molecule has 17 heavy (non-hydrogen) atoms. The van der Waals surface area contributed by atoms with Crippen molar-refractivity contribution in [3.63, 3.8) is 0 Å². The molecule has 2 rings (SSSR count). The molecule has 0 unspecified atom stereocenters. The number of hydrogen-bond donors (Lipinski definition) is 0. The standard InChI is InChI=1S/C13H10ClNOS/c1-9(16)10-3-2-4-11(7-10)15-8-12-5-6-13(14)17-12/h2-8H,1H3. The predicted molar refractivity (Wildman–Crippen MR) is 73.0 cm³/mol. The van der Waals surface area contributed by atoms with E-state index in [0.717, 1.165) is 14.9 Å². The van der Waals surface area contributed by atoms with E-state index in [4.69, 9.17) is 11.6 Å². The summed E-state index contributed by atoms with van der Waals surface area (Å²) in [5.74, 6) is 0.0428. The SMILES string of the molecule is CC(=O)c1cccc(N=Cc2ccc(Cl)s2)c1. The minimum atomic E-state index is 0.0428. The summed E-state index contributed by atoms with van der Waals surface area (Å²) < 4.78 is 0.740. The van der Waals surface area contributed by atoms with Gasteiger partial charge in [0.2, 0.25) is 0 Å². The van der Waals surface area contributed by atoms with Crippen LogP contribution < -0.4 is 0 Å². The van der Waals surface area contributed by atoms with Gasteiger partial charge in [-0.05, 0) is 31.2 Å². The van der Waals surface area contributed by atoms with Crippen molar-refractivity contribution in [1.82, 2.24) is 0 Å². The van der Waals surface area contributed by atoms with Crippen LogP contribution >= 0.6 is 22.9 Å².